The fraction of sp³-hybridized carbons (Fsp3) is 0.200. The summed E-state index contributed by atoms with van der Waals surface area (Å²) < 4.78 is 17.0. The second kappa shape index (κ2) is 10.4. The largest absolute Gasteiger partial charge is 0.299 e. The molecule has 0 saturated carbocycles. The summed E-state index contributed by atoms with van der Waals surface area (Å²) >= 11 is 0. The third-order valence-corrected chi connectivity index (χ3v) is 7.44. The van der Waals surface area contributed by atoms with E-state index in [2.05, 4.69) is 47.2 Å². The Hall–Kier alpha value is -4.83. The number of likely N-dealkylation sites (tertiary alicyclic amines) is 1. The van der Waals surface area contributed by atoms with Gasteiger partial charge in [-0.05, 0) is 37.1 Å². The van der Waals surface area contributed by atoms with Gasteiger partial charge >= 0.3 is 0 Å². The smallest absolute Gasteiger partial charge is 0.236 e. The Bertz CT molecular complexity index is 1740. The number of hydrogen-bond donors (Lipinski definition) is 1. The van der Waals surface area contributed by atoms with Crippen molar-refractivity contribution in [2.24, 2.45) is 0 Å². The zero-order chi connectivity index (χ0) is 26.9. The SMILES string of the molecule is Fc1c(-c2ccccc2)c(-c2ccc(CN3CCC(c4n[nH]c(-c5cnccn5)n4)CC3)cc2)nc2nccn12. The Morgan fingerprint density at radius 2 is 1.70 bits per heavy atom. The summed E-state index contributed by atoms with van der Waals surface area (Å²) in [4.78, 5) is 24.5. The number of aromatic amines is 1. The van der Waals surface area contributed by atoms with Crippen molar-refractivity contribution in [3.8, 4) is 33.9 Å². The number of benzene rings is 2. The zero-order valence-electron chi connectivity index (χ0n) is 21.7. The molecular weight excluding hydrogens is 505 g/mol. The van der Waals surface area contributed by atoms with Gasteiger partial charge in [0.15, 0.2) is 11.6 Å². The number of H-pyrrole nitrogens is 1. The molecule has 198 valence electrons. The van der Waals surface area contributed by atoms with Gasteiger partial charge in [0, 0.05) is 42.8 Å². The summed E-state index contributed by atoms with van der Waals surface area (Å²) in [5.74, 6) is 1.78. The van der Waals surface area contributed by atoms with E-state index in [1.165, 1.54) is 9.96 Å². The van der Waals surface area contributed by atoms with Crippen LogP contribution in [0.4, 0.5) is 4.39 Å². The van der Waals surface area contributed by atoms with Gasteiger partial charge in [0.1, 0.15) is 5.69 Å². The lowest BCUT2D eigenvalue weighted by molar-refractivity contribution is 0.202. The summed E-state index contributed by atoms with van der Waals surface area (Å²) in [5, 5.41) is 7.46. The molecule has 0 unspecified atom stereocenters. The minimum absolute atomic E-state index is 0.315. The molecule has 10 heteroatoms. The molecule has 2 aromatic carbocycles. The van der Waals surface area contributed by atoms with Crippen LogP contribution in [0.5, 0.6) is 0 Å². The fourth-order valence-electron chi connectivity index (χ4n) is 5.34. The molecule has 0 spiro atoms. The first-order valence-electron chi connectivity index (χ1n) is 13.3. The molecule has 7 rings (SSSR count). The molecule has 0 atom stereocenters. The van der Waals surface area contributed by atoms with Crippen molar-refractivity contribution in [3.05, 3.63) is 103 Å². The number of fused-ring (bicyclic) bond motifs is 1. The number of aromatic nitrogens is 8. The van der Waals surface area contributed by atoms with E-state index in [1.807, 2.05) is 42.5 Å². The molecule has 5 heterocycles. The first kappa shape index (κ1) is 24.2. The lowest BCUT2D eigenvalue weighted by Crippen LogP contribution is -2.32. The van der Waals surface area contributed by atoms with Crippen LogP contribution in [0.1, 0.15) is 30.1 Å². The van der Waals surface area contributed by atoms with Crippen molar-refractivity contribution in [1.29, 1.82) is 0 Å². The number of imidazole rings is 1. The first-order chi connectivity index (χ1) is 19.7. The van der Waals surface area contributed by atoms with Gasteiger partial charge in [-0.2, -0.15) is 9.49 Å². The number of nitrogens with zero attached hydrogens (tertiary/aromatic N) is 8. The average molecular weight is 532 g/mol. The van der Waals surface area contributed by atoms with Crippen LogP contribution in [0, 0.1) is 5.95 Å². The molecule has 0 radical (unpaired) electrons. The van der Waals surface area contributed by atoms with Crippen molar-refractivity contribution < 1.29 is 4.39 Å². The van der Waals surface area contributed by atoms with Gasteiger partial charge in [-0.15, -0.1) is 0 Å². The highest BCUT2D eigenvalue weighted by molar-refractivity contribution is 5.81. The molecule has 1 fully saturated rings. The van der Waals surface area contributed by atoms with Gasteiger partial charge in [0.2, 0.25) is 11.7 Å². The van der Waals surface area contributed by atoms with Crippen molar-refractivity contribution in [3.63, 3.8) is 0 Å². The van der Waals surface area contributed by atoms with Gasteiger partial charge in [-0.25, -0.2) is 19.9 Å². The molecule has 40 heavy (non-hydrogen) atoms. The van der Waals surface area contributed by atoms with E-state index in [1.54, 1.807) is 31.0 Å². The highest BCUT2D eigenvalue weighted by Gasteiger charge is 2.24. The molecule has 6 aromatic rings. The Morgan fingerprint density at radius 1 is 0.875 bits per heavy atom. The predicted octanol–water partition coefficient (Wildman–Crippen LogP) is 5.16. The normalized spacial score (nSPS) is 14.6. The van der Waals surface area contributed by atoms with Gasteiger partial charge in [-0.1, -0.05) is 54.6 Å². The second-order valence-corrected chi connectivity index (χ2v) is 9.97. The Balaban J connectivity index is 1.06. The van der Waals surface area contributed by atoms with E-state index in [4.69, 9.17) is 4.98 Å². The average Bonchev–Trinajstić information content (AvgIpc) is 3.70. The number of hydrogen-bond acceptors (Lipinski definition) is 7. The van der Waals surface area contributed by atoms with E-state index >= 15 is 4.39 Å². The summed E-state index contributed by atoms with van der Waals surface area (Å²) in [7, 11) is 0. The van der Waals surface area contributed by atoms with Crippen LogP contribution in [0.15, 0.2) is 85.6 Å². The van der Waals surface area contributed by atoms with Crippen LogP contribution in [0.3, 0.4) is 0 Å². The number of nitrogens with one attached hydrogen (secondary N) is 1. The van der Waals surface area contributed by atoms with Crippen molar-refractivity contribution >= 4 is 5.78 Å². The van der Waals surface area contributed by atoms with E-state index < -0.39 is 0 Å². The molecule has 4 aromatic heterocycles. The predicted molar refractivity (Wildman–Crippen MR) is 148 cm³/mol. The summed E-state index contributed by atoms with van der Waals surface area (Å²) in [6.07, 6.45) is 10.1. The van der Waals surface area contributed by atoms with Crippen molar-refractivity contribution in [2.45, 2.75) is 25.3 Å². The second-order valence-electron chi connectivity index (χ2n) is 9.97. The summed E-state index contributed by atoms with van der Waals surface area (Å²) in [5.41, 5.74) is 4.58. The van der Waals surface area contributed by atoms with Gasteiger partial charge in [-0.3, -0.25) is 19.4 Å². The van der Waals surface area contributed by atoms with Crippen molar-refractivity contribution in [2.75, 3.05) is 13.1 Å². The van der Waals surface area contributed by atoms with Gasteiger partial charge in [0.05, 0.1) is 17.5 Å². The minimum Gasteiger partial charge on any atom is -0.299 e. The minimum atomic E-state index is -0.370. The maximum Gasteiger partial charge on any atom is 0.236 e. The fourth-order valence-corrected chi connectivity index (χ4v) is 5.34. The maximum absolute atomic E-state index is 15.6. The molecule has 0 amide bonds. The highest BCUT2D eigenvalue weighted by Crippen LogP contribution is 2.34. The van der Waals surface area contributed by atoms with Crippen LogP contribution in [-0.4, -0.2) is 57.5 Å². The van der Waals surface area contributed by atoms with Crippen LogP contribution in [0.2, 0.25) is 0 Å². The maximum atomic E-state index is 15.6. The molecule has 1 N–H and O–H groups in total. The van der Waals surface area contributed by atoms with Crippen molar-refractivity contribution in [1.82, 2.24) is 44.4 Å². The van der Waals surface area contributed by atoms with Gasteiger partial charge < -0.3 is 0 Å². The Labute approximate surface area is 229 Å². The van der Waals surface area contributed by atoms with Crippen LogP contribution >= 0.6 is 0 Å². The molecule has 1 aliphatic rings. The third-order valence-electron chi connectivity index (χ3n) is 7.44. The zero-order valence-corrected chi connectivity index (χ0v) is 21.7. The highest BCUT2D eigenvalue weighted by atomic mass is 19.1. The molecule has 1 aliphatic heterocycles. The topological polar surface area (TPSA) is 101 Å². The number of rotatable bonds is 6. The van der Waals surface area contributed by atoms with E-state index in [9.17, 15) is 0 Å². The molecule has 9 nitrogen and oxygen atoms in total. The third kappa shape index (κ3) is 4.62. The number of piperidine rings is 1. The molecule has 0 bridgehead atoms. The molecule has 0 aliphatic carbocycles. The monoisotopic (exact) mass is 531 g/mol. The van der Waals surface area contributed by atoms with Crippen LogP contribution in [0.25, 0.3) is 39.7 Å². The molecule has 1 saturated heterocycles. The number of halogens is 1. The Morgan fingerprint density at radius 3 is 2.48 bits per heavy atom. The summed E-state index contributed by atoms with van der Waals surface area (Å²) in [6, 6.07) is 17.8. The standard InChI is InChI=1S/C30H26FN9/c31-27-25(21-4-2-1-3-5-21)26(35-30-34-14-17-40(27)30)22-8-6-20(7-9-22)19-39-15-10-23(11-16-39)28-36-29(38-37-28)24-18-32-12-13-33-24/h1-9,12-14,17-18,23H,10-11,15-16,19H2,(H,36,37,38). The van der Waals surface area contributed by atoms with Crippen LogP contribution < -0.4 is 0 Å². The summed E-state index contributed by atoms with van der Waals surface area (Å²) in [6.45, 7) is 2.77. The van der Waals surface area contributed by atoms with Crippen LogP contribution in [-0.2, 0) is 6.54 Å². The van der Waals surface area contributed by atoms with E-state index in [0.717, 1.165) is 49.4 Å². The molecular formula is C30H26FN9. The van der Waals surface area contributed by atoms with E-state index in [-0.39, 0.29) is 5.95 Å². The lowest BCUT2D eigenvalue weighted by atomic mass is 9.95. The van der Waals surface area contributed by atoms with Gasteiger partial charge in [0.25, 0.3) is 0 Å². The van der Waals surface area contributed by atoms with E-state index in [0.29, 0.717) is 34.5 Å². The first-order valence-corrected chi connectivity index (χ1v) is 13.3. The lowest BCUT2D eigenvalue weighted by Gasteiger charge is -2.30. The quantitative estimate of drug-likeness (QED) is 0.296. The Kier molecular flexibility index (Phi) is 6.29.